The summed E-state index contributed by atoms with van der Waals surface area (Å²) in [7, 11) is 0. The highest BCUT2D eigenvalue weighted by Crippen LogP contribution is 2.26. The minimum absolute atomic E-state index is 0.101. The van der Waals surface area contributed by atoms with Gasteiger partial charge in [0.05, 0.1) is 0 Å². The van der Waals surface area contributed by atoms with Crippen LogP contribution in [0.1, 0.15) is 58.8 Å². The summed E-state index contributed by atoms with van der Waals surface area (Å²) in [5, 5.41) is 12.5. The lowest BCUT2D eigenvalue weighted by molar-refractivity contribution is 0.225. The first-order chi connectivity index (χ1) is 7.14. The number of rotatable bonds is 6. The largest absolute Gasteiger partial charge is 0.396 e. The summed E-state index contributed by atoms with van der Waals surface area (Å²) in [4.78, 5) is 0. The lowest BCUT2D eigenvalue weighted by Crippen LogP contribution is -2.41. The normalized spacial score (nSPS) is 19.4. The van der Waals surface area contributed by atoms with Gasteiger partial charge in [-0.2, -0.15) is 0 Å². The van der Waals surface area contributed by atoms with Crippen LogP contribution in [0.25, 0.3) is 0 Å². The first-order valence-corrected chi connectivity index (χ1v) is 6.50. The molecule has 90 valence electrons. The number of hydrogen-bond donors (Lipinski definition) is 2. The molecule has 0 radical (unpaired) electrons. The van der Waals surface area contributed by atoms with Crippen LogP contribution in [-0.2, 0) is 0 Å². The van der Waals surface area contributed by atoms with Crippen molar-refractivity contribution < 1.29 is 5.11 Å². The Kier molecular flexibility index (Phi) is 5.62. The van der Waals surface area contributed by atoms with Crippen LogP contribution < -0.4 is 5.32 Å². The maximum atomic E-state index is 8.91. The summed E-state index contributed by atoms with van der Waals surface area (Å²) >= 11 is 0. The fraction of sp³-hybridized carbons (Fsp3) is 1.00. The molecule has 1 aliphatic rings. The maximum Gasteiger partial charge on any atom is 0.0448 e. The summed E-state index contributed by atoms with van der Waals surface area (Å²) in [6.45, 7) is 5.73. The molecule has 0 amide bonds. The molecule has 0 aliphatic heterocycles. The Morgan fingerprint density at radius 3 is 2.47 bits per heavy atom. The number of aliphatic hydroxyl groups excluding tert-OH is 1. The molecule has 15 heavy (non-hydrogen) atoms. The second kappa shape index (κ2) is 6.49. The Labute approximate surface area is 94.5 Å². The van der Waals surface area contributed by atoms with Crippen LogP contribution >= 0.6 is 0 Å². The van der Waals surface area contributed by atoms with Crippen molar-refractivity contribution in [1.29, 1.82) is 0 Å². The van der Waals surface area contributed by atoms with Crippen molar-refractivity contribution in [2.45, 2.75) is 64.3 Å². The van der Waals surface area contributed by atoms with E-state index in [0.717, 1.165) is 18.9 Å². The third-order valence-corrected chi connectivity index (χ3v) is 3.62. The van der Waals surface area contributed by atoms with Crippen molar-refractivity contribution in [1.82, 2.24) is 5.32 Å². The molecule has 2 heteroatoms. The van der Waals surface area contributed by atoms with Crippen molar-refractivity contribution in [3.05, 3.63) is 0 Å². The van der Waals surface area contributed by atoms with Crippen molar-refractivity contribution in [3.63, 3.8) is 0 Å². The van der Waals surface area contributed by atoms with Gasteiger partial charge in [0, 0.05) is 12.1 Å². The number of hydrogen-bond acceptors (Lipinski definition) is 2. The highest BCUT2D eigenvalue weighted by Gasteiger charge is 2.17. The van der Waals surface area contributed by atoms with E-state index in [0.29, 0.717) is 0 Å². The molecule has 0 aromatic rings. The molecule has 0 bridgehead atoms. The fourth-order valence-corrected chi connectivity index (χ4v) is 2.46. The number of aliphatic hydroxyl groups is 1. The molecular formula is C13H27NO. The molecule has 0 heterocycles. The average Bonchev–Trinajstić information content (AvgIpc) is 2.19. The molecule has 1 aliphatic carbocycles. The molecular weight excluding hydrogens is 186 g/mol. The summed E-state index contributed by atoms with van der Waals surface area (Å²) in [5.41, 5.74) is 0.101. The van der Waals surface area contributed by atoms with E-state index >= 15 is 0 Å². The summed E-state index contributed by atoms with van der Waals surface area (Å²) in [5.74, 6) is 0.955. The zero-order valence-corrected chi connectivity index (χ0v) is 10.4. The molecule has 1 fully saturated rings. The predicted molar refractivity (Wildman–Crippen MR) is 65.0 cm³/mol. The molecule has 0 saturated heterocycles. The third kappa shape index (κ3) is 5.53. The van der Waals surface area contributed by atoms with E-state index in [1.54, 1.807) is 0 Å². The summed E-state index contributed by atoms with van der Waals surface area (Å²) in [6.07, 6.45) is 9.34. The molecule has 0 aromatic carbocycles. The molecule has 1 rings (SSSR count). The van der Waals surface area contributed by atoms with Crippen LogP contribution in [0.2, 0.25) is 0 Å². The van der Waals surface area contributed by atoms with Crippen LogP contribution in [-0.4, -0.2) is 23.8 Å². The molecule has 1 saturated carbocycles. The monoisotopic (exact) mass is 213 g/mol. The quantitative estimate of drug-likeness (QED) is 0.711. The van der Waals surface area contributed by atoms with Crippen LogP contribution in [0, 0.1) is 5.92 Å². The zero-order chi connectivity index (χ0) is 11.1. The fourth-order valence-electron chi connectivity index (χ4n) is 2.46. The molecule has 2 nitrogen and oxygen atoms in total. The predicted octanol–water partition coefficient (Wildman–Crippen LogP) is 2.71. The second-order valence-electron chi connectivity index (χ2n) is 5.58. The molecule has 0 unspecified atom stereocenters. The van der Waals surface area contributed by atoms with E-state index in [1.807, 2.05) is 0 Å². The minimum atomic E-state index is 0.101. The Morgan fingerprint density at radius 1 is 1.20 bits per heavy atom. The van der Waals surface area contributed by atoms with Gasteiger partial charge in [0.2, 0.25) is 0 Å². The highest BCUT2D eigenvalue weighted by molar-refractivity contribution is 4.77. The lowest BCUT2D eigenvalue weighted by Gasteiger charge is -2.28. The zero-order valence-electron chi connectivity index (χ0n) is 10.4. The van der Waals surface area contributed by atoms with E-state index < -0.39 is 0 Å². The lowest BCUT2D eigenvalue weighted by atomic mass is 9.87. The molecule has 0 aromatic heterocycles. The number of nitrogens with one attached hydrogen (secondary N) is 1. The van der Waals surface area contributed by atoms with E-state index in [1.165, 1.54) is 38.5 Å². The topological polar surface area (TPSA) is 32.3 Å². The molecule has 0 spiro atoms. The van der Waals surface area contributed by atoms with Crippen LogP contribution in [0.5, 0.6) is 0 Å². The van der Waals surface area contributed by atoms with Gasteiger partial charge in [-0.15, -0.1) is 0 Å². The van der Waals surface area contributed by atoms with Gasteiger partial charge in [-0.1, -0.05) is 32.1 Å². The van der Waals surface area contributed by atoms with Crippen LogP contribution in [0.4, 0.5) is 0 Å². The van der Waals surface area contributed by atoms with Crippen LogP contribution in [0.15, 0.2) is 0 Å². The average molecular weight is 213 g/mol. The van der Waals surface area contributed by atoms with Crippen molar-refractivity contribution in [2.75, 3.05) is 13.2 Å². The van der Waals surface area contributed by atoms with Gasteiger partial charge in [-0.25, -0.2) is 0 Å². The van der Waals surface area contributed by atoms with Crippen molar-refractivity contribution >= 4 is 0 Å². The van der Waals surface area contributed by atoms with Gasteiger partial charge in [-0.05, 0) is 39.2 Å². The van der Waals surface area contributed by atoms with Crippen molar-refractivity contribution in [2.24, 2.45) is 5.92 Å². The Morgan fingerprint density at radius 2 is 1.87 bits per heavy atom. The van der Waals surface area contributed by atoms with Gasteiger partial charge >= 0.3 is 0 Å². The van der Waals surface area contributed by atoms with E-state index in [4.69, 9.17) is 5.11 Å². The Bertz CT molecular complexity index is 162. The molecule has 0 atom stereocenters. The third-order valence-electron chi connectivity index (χ3n) is 3.62. The summed E-state index contributed by atoms with van der Waals surface area (Å²) < 4.78 is 0. The smallest absolute Gasteiger partial charge is 0.0448 e. The minimum Gasteiger partial charge on any atom is -0.396 e. The van der Waals surface area contributed by atoms with Gasteiger partial charge in [0.1, 0.15) is 0 Å². The molecule has 2 N–H and O–H groups in total. The maximum absolute atomic E-state index is 8.91. The van der Waals surface area contributed by atoms with Gasteiger partial charge < -0.3 is 10.4 Å². The van der Waals surface area contributed by atoms with E-state index in [2.05, 4.69) is 19.2 Å². The Hall–Kier alpha value is -0.0800. The first kappa shape index (κ1) is 13.0. The van der Waals surface area contributed by atoms with Gasteiger partial charge in [0.15, 0.2) is 0 Å². The highest BCUT2D eigenvalue weighted by atomic mass is 16.3. The van der Waals surface area contributed by atoms with Gasteiger partial charge in [0.25, 0.3) is 0 Å². The SMILES string of the molecule is CC(C)(CCO)NCCC1CCCCC1. The van der Waals surface area contributed by atoms with Crippen molar-refractivity contribution in [3.8, 4) is 0 Å². The van der Waals surface area contributed by atoms with Crippen LogP contribution in [0.3, 0.4) is 0 Å². The Balaban J connectivity index is 2.09. The standard InChI is InChI=1S/C13H27NO/c1-13(2,9-11-15)14-10-8-12-6-4-3-5-7-12/h12,14-15H,3-11H2,1-2H3. The van der Waals surface area contributed by atoms with E-state index in [9.17, 15) is 0 Å². The van der Waals surface area contributed by atoms with Gasteiger partial charge in [-0.3, -0.25) is 0 Å². The second-order valence-corrected chi connectivity index (χ2v) is 5.58. The first-order valence-electron chi connectivity index (χ1n) is 6.50. The summed E-state index contributed by atoms with van der Waals surface area (Å²) in [6, 6.07) is 0. The van der Waals surface area contributed by atoms with E-state index in [-0.39, 0.29) is 12.1 Å².